The Bertz CT molecular complexity index is 1090. The van der Waals surface area contributed by atoms with Gasteiger partial charge in [0.05, 0.1) is 24.5 Å². The number of nitrogens with zero attached hydrogens (tertiary/aromatic N) is 6. The zero-order valence-electron chi connectivity index (χ0n) is 17.0. The van der Waals surface area contributed by atoms with Crippen molar-refractivity contribution in [2.45, 2.75) is 52.8 Å². The van der Waals surface area contributed by atoms with Gasteiger partial charge in [-0.1, -0.05) is 0 Å². The Hall–Kier alpha value is -2.69. The first kappa shape index (κ1) is 21.0. The van der Waals surface area contributed by atoms with Crippen LogP contribution >= 0.6 is 15.9 Å². The molecule has 0 atom stereocenters. The highest BCUT2D eigenvalue weighted by Gasteiger charge is 2.19. The van der Waals surface area contributed by atoms with Crippen LogP contribution in [0.25, 0.3) is 17.0 Å². The van der Waals surface area contributed by atoms with Crippen LogP contribution in [0.2, 0.25) is 0 Å². The molecule has 0 aliphatic carbocycles. The number of alkyl carbamates (subject to hydrolysis) is 1. The molecule has 29 heavy (non-hydrogen) atoms. The van der Waals surface area contributed by atoms with Gasteiger partial charge in [-0.15, -0.1) is 5.10 Å². The van der Waals surface area contributed by atoms with Crippen LogP contribution in [-0.2, 0) is 11.3 Å². The molecule has 0 radical (unpaired) electrons. The number of carbonyl (C=O) groups is 1. The highest BCUT2D eigenvalue weighted by molar-refractivity contribution is 9.10. The molecular formula is C18H24BrN7O3. The van der Waals surface area contributed by atoms with Crippen molar-refractivity contribution in [3.63, 3.8) is 0 Å². The van der Waals surface area contributed by atoms with Gasteiger partial charge in [-0.2, -0.15) is 9.61 Å². The highest BCUT2D eigenvalue weighted by atomic mass is 79.9. The maximum absolute atomic E-state index is 12.9. The van der Waals surface area contributed by atoms with Crippen molar-refractivity contribution >= 4 is 27.7 Å². The van der Waals surface area contributed by atoms with Crippen LogP contribution in [0.5, 0.6) is 0 Å². The van der Waals surface area contributed by atoms with Crippen molar-refractivity contribution in [1.29, 1.82) is 0 Å². The number of carbonyl (C=O) groups excluding carboxylic acids is 1. The number of rotatable bonds is 5. The van der Waals surface area contributed by atoms with Gasteiger partial charge in [-0.05, 0) is 50.5 Å². The highest BCUT2D eigenvalue weighted by Crippen LogP contribution is 2.20. The Labute approximate surface area is 176 Å². The minimum atomic E-state index is -0.546. The summed E-state index contributed by atoms with van der Waals surface area (Å²) in [4.78, 5) is 28.7. The van der Waals surface area contributed by atoms with Crippen LogP contribution in [0.4, 0.5) is 4.79 Å². The third-order valence-electron chi connectivity index (χ3n) is 3.95. The Kier molecular flexibility index (Phi) is 5.78. The van der Waals surface area contributed by atoms with Crippen LogP contribution < -0.4 is 10.9 Å². The number of halogens is 1. The summed E-state index contributed by atoms with van der Waals surface area (Å²) in [5.41, 5.74) is 0.170. The number of fused-ring (bicyclic) bond motifs is 1. The van der Waals surface area contributed by atoms with Crippen LogP contribution in [-0.4, -0.2) is 47.2 Å². The average molecular weight is 466 g/mol. The van der Waals surface area contributed by atoms with Crippen molar-refractivity contribution in [3.05, 3.63) is 33.5 Å². The summed E-state index contributed by atoms with van der Waals surface area (Å²) < 4.78 is 10.5. The van der Waals surface area contributed by atoms with Crippen molar-refractivity contribution < 1.29 is 9.53 Å². The summed E-state index contributed by atoms with van der Waals surface area (Å²) in [5, 5.41) is 11.6. The molecule has 11 heteroatoms. The average Bonchev–Trinajstić information content (AvgIpc) is 3.20. The van der Waals surface area contributed by atoms with Gasteiger partial charge in [0.15, 0.2) is 5.82 Å². The second-order valence-electron chi connectivity index (χ2n) is 7.83. The number of ether oxygens (including phenoxy) is 1. The lowest BCUT2D eigenvalue weighted by Crippen LogP contribution is -2.34. The molecule has 1 N–H and O–H groups in total. The molecule has 0 aliphatic rings. The van der Waals surface area contributed by atoms with Crippen molar-refractivity contribution in [2.75, 3.05) is 6.54 Å². The molecule has 0 aliphatic heterocycles. The first-order valence-electron chi connectivity index (χ1n) is 9.22. The van der Waals surface area contributed by atoms with Gasteiger partial charge in [0.2, 0.25) is 5.65 Å². The van der Waals surface area contributed by atoms with E-state index in [1.807, 2.05) is 34.6 Å². The molecule has 3 aromatic heterocycles. The third-order valence-corrected chi connectivity index (χ3v) is 4.49. The number of hydrogen-bond acceptors (Lipinski definition) is 6. The second kappa shape index (κ2) is 7.97. The van der Waals surface area contributed by atoms with E-state index in [0.717, 1.165) is 0 Å². The standard InChI is InChI=1S/C18H24BrN7O3/c1-11(2)25-14(23-26-13(19)9-21-15(26)16(25)27)12-8-22-24(10-12)7-6-20-17(28)29-18(3,4)5/h8-11H,6-7H2,1-5H3,(H,20,28). The van der Waals surface area contributed by atoms with Crippen LogP contribution in [0, 0.1) is 0 Å². The predicted octanol–water partition coefficient (Wildman–Crippen LogP) is 2.62. The minimum absolute atomic E-state index is 0.109. The quantitative estimate of drug-likeness (QED) is 0.620. The number of amides is 1. The van der Waals surface area contributed by atoms with Crippen LogP contribution in [0.15, 0.2) is 28.0 Å². The maximum atomic E-state index is 12.9. The molecule has 0 saturated heterocycles. The number of hydrogen-bond donors (Lipinski definition) is 1. The molecule has 0 fully saturated rings. The third kappa shape index (κ3) is 4.66. The molecule has 1 amide bonds. The summed E-state index contributed by atoms with van der Waals surface area (Å²) in [6.45, 7) is 10.1. The van der Waals surface area contributed by atoms with E-state index in [1.165, 1.54) is 4.52 Å². The molecule has 156 valence electrons. The topological polar surface area (TPSA) is 108 Å². The van der Waals surface area contributed by atoms with Gasteiger partial charge < -0.3 is 10.1 Å². The van der Waals surface area contributed by atoms with E-state index in [2.05, 4.69) is 36.4 Å². The van der Waals surface area contributed by atoms with Crippen molar-refractivity contribution in [3.8, 4) is 11.4 Å². The fraction of sp³-hybridized carbons (Fsp3) is 0.500. The van der Waals surface area contributed by atoms with Gasteiger partial charge in [0, 0.05) is 18.8 Å². The fourth-order valence-electron chi connectivity index (χ4n) is 2.78. The van der Waals surface area contributed by atoms with E-state index in [0.29, 0.717) is 29.1 Å². The fourth-order valence-corrected chi connectivity index (χ4v) is 3.13. The minimum Gasteiger partial charge on any atom is -0.444 e. The van der Waals surface area contributed by atoms with Gasteiger partial charge in [0.25, 0.3) is 5.56 Å². The summed E-state index contributed by atoms with van der Waals surface area (Å²) in [6.07, 6.45) is 4.50. The smallest absolute Gasteiger partial charge is 0.407 e. The number of imidazole rings is 1. The zero-order valence-corrected chi connectivity index (χ0v) is 18.6. The second-order valence-corrected chi connectivity index (χ2v) is 8.64. The van der Waals surface area contributed by atoms with Gasteiger partial charge in [0.1, 0.15) is 10.2 Å². The van der Waals surface area contributed by atoms with Gasteiger partial charge >= 0.3 is 6.09 Å². The summed E-state index contributed by atoms with van der Waals surface area (Å²) in [6, 6.07) is -0.109. The Balaban J connectivity index is 1.82. The van der Waals surface area contributed by atoms with E-state index in [-0.39, 0.29) is 17.2 Å². The molecule has 3 aromatic rings. The van der Waals surface area contributed by atoms with E-state index >= 15 is 0 Å². The normalized spacial score (nSPS) is 12.0. The van der Waals surface area contributed by atoms with Crippen LogP contribution in [0.1, 0.15) is 40.7 Å². The first-order valence-corrected chi connectivity index (χ1v) is 10.0. The lowest BCUT2D eigenvalue weighted by atomic mass is 10.2. The predicted molar refractivity (Wildman–Crippen MR) is 111 cm³/mol. The van der Waals surface area contributed by atoms with E-state index in [1.54, 1.807) is 27.8 Å². The van der Waals surface area contributed by atoms with E-state index in [9.17, 15) is 9.59 Å². The molecule has 0 spiro atoms. The lowest BCUT2D eigenvalue weighted by molar-refractivity contribution is 0.0525. The monoisotopic (exact) mass is 465 g/mol. The zero-order chi connectivity index (χ0) is 21.3. The molecule has 0 bridgehead atoms. The Morgan fingerprint density at radius 1 is 1.31 bits per heavy atom. The SMILES string of the molecule is CC(C)n1c(-c2cnn(CCNC(=O)OC(C)(C)C)c2)nn2c(Br)cnc2c1=O. The van der Waals surface area contributed by atoms with E-state index < -0.39 is 11.7 Å². The molecule has 3 heterocycles. The van der Waals surface area contributed by atoms with E-state index in [4.69, 9.17) is 4.74 Å². The Morgan fingerprint density at radius 2 is 2.03 bits per heavy atom. The molecule has 10 nitrogen and oxygen atoms in total. The van der Waals surface area contributed by atoms with Crippen molar-refractivity contribution in [1.82, 2.24) is 34.3 Å². The molecule has 3 rings (SSSR count). The largest absolute Gasteiger partial charge is 0.444 e. The lowest BCUT2D eigenvalue weighted by Gasteiger charge is -2.19. The first-order chi connectivity index (χ1) is 13.6. The summed E-state index contributed by atoms with van der Waals surface area (Å²) in [7, 11) is 0. The summed E-state index contributed by atoms with van der Waals surface area (Å²) >= 11 is 3.36. The molecule has 0 aromatic carbocycles. The van der Waals surface area contributed by atoms with Crippen molar-refractivity contribution in [2.24, 2.45) is 0 Å². The maximum Gasteiger partial charge on any atom is 0.407 e. The number of aromatic nitrogens is 6. The number of nitrogens with one attached hydrogen (secondary N) is 1. The van der Waals surface area contributed by atoms with Gasteiger partial charge in [-0.25, -0.2) is 9.78 Å². The van der Waals surface area contributed by atoms with Crippen LogP contribution in [0.3, 0.4) is 0 Å². The summed E-state index contributed by atoms with van der Waals surface area (Å²) in [5.74, 6) is 0.488. The molecular weight excluding hydrogens is 442 g/mol. The van der Waals surface area contributed by atoms with Gasteiger partial charge in [-0.3, -0.25) is 14.0 Å². The molecule has 0 unspecified atom stereocenters. The molecule has 0 saturated carbocycles. The Morgan fingerprint density at radius 3 is 2.69 bits per heavy atom.